The Morgan fingerprint density at radius 1 is 0.889 bits per heavy atom. The third kappa shape index (κ3) is 5.26. The van der Waals surface area contributed by atoms with E-state index in [4.69, 9.17) is 0 Å². The van der Waals surface area contributed by atoms with Crippen molar-refractivity contribution in [1.29, 1.82) is 5.26 Å². The lowest BCUT2D eigenvalue weighted by molar-refractivity contribution is 0.401. The molecule has 0 unspecified atom stereocenters. The minimum atomic E-state index is 0.183. The zero-order chi connectivity index (χ0) is 26.1. The highest BCUT2D eigenvalue weighted by atomic mass is 15.2. The Balaban J connectivity index is 1.70. The molecule has 0 fully saturated rings. The van der Waals surface area contributed by atoms with Crippen LogP contribution in [0, 0.1) is 11.3 Å². The van der Waals surface area contributed by atoms with E-state index in [1.165, 1.54) is 40.8 Å². The predicted octanol–water partition coefficient (Wildman–Crippen LogP) is 8.76. The van der Waals surface area contributed by atoms with Crippen molar-refractivity contribution in [3.63, 3.8) is 0 Å². The Morgan fingerprint density at radius 2 is 1.47 bits per heavy atom. The highest BCUT2D eigenvalue weighted by Gasteiger charge is 2.39. The number of nitriles is 1. The summed E-state index contributed by atoms with van der Waals surface area (Å²) in [6.45, 7) is 18.0. The number of hydrogen-bond acceptors (Lipinski definition) is 2. The molecule has 0 spiro atoms. The molecule has 0 radical (unpaired) electrons. The predicted molar refractivity (Wildman–Crippen MR) is 155 cm³/mol. The van der Waals surface area contributed by atoms with Gasteiger partial charge in [-0.3, -0.25) is 0 Å². The second-order valence-electron chi connectivity index (χ2n) is 11.8. The molecule has 2 aliphatic heterocycles. The molecule has 0 aliphatic carbocycles. The van der Waals surface area contributed by atoms with Crippen LogP contribution < -0.4 is 4.90 Å². The molecule has 0 aromatic heterocycles. The molecule has 36 heavy (non-hydrogen) atoms. The zero-order valence-electron chi connectivity index (χ0n) is 23.1. The van der Waals surface area contributed by atoms with Gasteiger partial charge in [0.2, 0.25) is 0 Å². The van der Waals surface area contributed by atoms with Gasteiger partial charge in [-0.1, -0.05) is 87.9 Å². The summed E-state index contributed by atoms with van der Waals surface area (Å²) in [6, 6.07) is 17.5. The van der Waals surface area contributed by atoms with Crippen LogP contribution in [0.15, 0.2) is 77.4 Å². The number of hydrogen-bond donors (Lipinski definition) is 0. The fourth-order valence-electron chi connectivity index (χ4n) is 5.42. The summed E-state index contributed by atoms with van der Waals surface area (Å²) in [7, 11) is 0. The maximum Gasteiger partial charge on any atom is 0.0950 e. The van der Waals surface area contributed by atoms with E-state index < -0.39 is 0 Å². The lowest BCUT2D eigenvalue weighted by Gasteiger charge is -2.48. The van der Waals surface area contributed by atoms with Gasteiger partial charge in [0, 0.05) is 24.4 Å². The van der Waals surface area contributed by atoms with Gasteiger partial charge in [-0.15, -0.1) is 0 Å². The van der Waals surface area contributed by atoms with E-state index in [2.05, 4.69) is 101 Å². The molecule has 0 bridgehead atoms. The first-order valence-corrected chi connectivity index (χ1v) is 13.2. The van der Waals surface area contributed by atoms with Gasteiger partial charge in [0.1, 0.15) is 0 Å². The number of rotatable bonds is 5. The van der Waals surface area contributed by atoms with E-state index in [9.17, 15) is 5.26 Å². The SMILES string of the molecule is CC(/C=C/c1cc2c3c(c1)C(C)(C)CCN3CCC2(C)C)=C\C(\C=C(/C)c1ccccc1)=C(\C)C#N. The fourth-order valence-corrected chi connectivity index (χ4v) is 5.42. The highest BCUT2D eigenvalue weighted by molar-refractivity contribution is 5.72. The first kappa shape index (κ1) is 25.8. The second-order valence-corrected chi connectivity index (χ2v) is 11.8. The molecule has 2 aliphatic rings. The molecule has 0 N–H and O–H groups in total. The maximum absolute atomic E-state index is 9.62. The maximum atomic E-state index is 9.62. The summed E-state index contributed by atoms with van der Waals surface area (Å²) < 4.78 is 0. The zero-order valence-corrected chi connectivity index (χ0v) is 23.1. The van der Waals surface area contributed by atoms with Gasteiger partial charge in [0.15, 0.2) is 0 Å². The van der Waals surface area contributed by atoms with Gasteiger partial charge < -0.3 is 4.90 Å². The molecule has 2 nitrogen and oxygen atoms in total. The van der Waals surface area contributed by atoms with E-state index in [1.807, 2.05) is 25.1 Å². The van der Waals surface area contributed by atoms with Crippen molar-refractivity contribution in [1.82, 2.24) is 0 Å². The van der Waals surface area contributed by atoms with Crippen LogP contribution in [0.1, 0.15) is 83.6 Å². The Morgan fingerprint density at radius 3 is 2.03 bits per heavy atom. The molecule has 0 saturated heterocycles. The highest BCUT2D eigenvalue weighted by Crippen LogP contribution is 2.49. The van der Waals surface area contributed by atoms with Crippen molar-refractivity contribution < 1.29 is 0 Å². The summed E-state index contributed by atoms with van der Waals surface area (Å²) in [5, 5.41) is 9.62. The average molecular weight is 477 g/mol. The lowest BCUT2D eigenvalue weighted by atomic mass is 9.69. The van der Waals surface area contributed by atoms with Crippen LogP contribution in [-0.2, 0) is 10.8 Å². The third-order valence-corrected chi connectivity index (χ3v) is 8.04. The van der Waals surface area contributed by atoms with E-state index in [0.29, 0.717) is 0 Å². The number of anilines is 1. The monoisotopic (exact) mass is 476 g/mol. The molecule has 0 atom stereocenters. The van der Waals surface area contributed by atoms with Crippen LogP contribution >= 0.6 is 0 Å². The van der Waals surface area contributed by atoms with Crippen molar-refractivity contribution in [2.75, 3.05) is 18.0 Å². The number of benzene rings is 2. The van der Waals surface area contributed by atoms with Crippen LogP contribution in [0.3, 0.4) is 0 Å². The number of nitrogens with zero attached hydrogens (tertiary/aromatic N) is 2. The molecule has 2 heteroatoms. The van der Waals surface area contributed by atoms with E-state index in [1.54, 1.807) is 0 Å². The fraction of sp³-hybridized carbons (Fsp3) is 0.382. The van der Waals surface area contributed by atoms with Crippen molar-refractivity contribution >= 4 is 17.3 Å². The molecular weight excluding hydrogens is 436 g/mol. The van der Waals surface area contributed by atoms with Gasteiger partial charge in [-0.2, -0.15) is 5.26 Å². The Bertz CT molecular complexity index is 1270. The van der Waals surface area contributed by atoms with E-state index >= 15 is 0 Å². The summed E-state index contributed by atoms with van der Waals surface area (Å²) in [6.07, 6.45) is 11.1. The molecular formula is C34H40N2. The summed E-state index contributed by atoms with van der Waals surface area (Å²) in [5.74, 6) is 0. The third-order valence-electron chi connectivity index (χ3n) is 8.04. The quantitative estimate of drug-likeness (QED) is 0.318. The molecule has 0 amide bonds. The Kier molecular flexibility index (Phi) is 7.14. The average Bonchev–Trinajstić information content (AvgIpc) is 2.86. The first-order chi connectivity index (χ1) is 17.0. The van der Waals surface area contributed by atoms with Gasteiger partial charge >= 0.3 is 0 Å². The Labute approximate surface area is 218 Å². The van der Waals surface area contributed by atoms with Crippen molar-refractivity contribution in [2.24, 2.45) is 0 Å². The van der Waals surface area contributed by atoms with E-state index in [0.717, 1.165) is 35.4 Å². The van der Waals surface area contributed by atoms with Crippen molar-refractivity contribution in [3.05, 3.63) is 99.7 Å². The molecule has 4 rings (SSSR count). The molecule has 2 aromatic rings. The van der Waals surface area contributed by atoms with Crippen LogP contribution in [0.2, 0.25) is 0 Å². The van der Waals surface area contributed by atoms with Gasteiger partial charge in [-0.05, 0) is 90.0 Å². The standard InChI is InChI=1S/C34H40N2/c1-24(19-29(26(3)23-35)20-25(2)28-11-9-8-10-12-28)13-14-27-21-30-32-31(22-27)34(6,7)16-18-36(32)17-15-33(30,4)5/h8-14,19-22H,15-18H2,1-7H3/b14-13+,24-19+,25-20+,29-26+. The molecule has 2 heterocycles. The van der Waals surface area contributed by atoms with E-state index in [-0.39, 0.29) is 10.8 Å². The topological polar surface area (TPSA) is 27.0 Å². The van der Waals surface area contributed by atoms with Crippen molar-refractivity contribution in [2.45, 2.75) is 72.1 Å². The molecule has 186 valence electrons. The number of allylic oxidation sites excluding steroid dienone is 7. The van der Waals surface area contributed by atoms with Crippen LogP contribution in [0.4, 0.5) is 5.69 Å². The minimum Gasteiger partial charge on any atom is -0.371 e. The van der Waals surface area contributed by atoms with Crippen molar-refractivity contribution in [3.8, 4) is 6.07 Å². The largest absolute Gasteiger partial charge is 0.371 e. The van der Waals surface area contributed by atoms with Gasteiger partial charge in [-0.25, -0.2) is 0 Å². The van der Waals surface area contributed by atoms with Crippen LogP contribution in [-0.4, -0.2) is 13.1 Å². The smallest absolute Gasteiger partial charge is 0.0950 e. The van der Waals surface area contributed by atoms with Gasteiger partial charge in [0.05, 0.1) is 6.07 Å². The Hall–Kier alpha value is -3.31. The summed E-state index contributed by atoms with van der Waals surface area (Å²) >= 11 is 0. The molecule has 0 saturated carbocycles. The van der Waals surface area contributed by atoms with Crippen LogP contribution in [0.25, 0.3) is 11.6 Å². The first-order valence-electron chi connectivity index (χ1n) is 13.2. The van der Waals surface area contributed by atoms with Crippen LogP contribution in [0.5, 0.6) is 0 Å². The lowest BCUT2D eigenvalue weighted by Crippen LogP contribution is -2.44. The van der Waals surface area contributed by atoms with Gasteiger partial charge in [0.25, 0.3) is 0 Å². The minimum absolute atomic E-state index is 0.183. The summed E-state index contributed by atoms with van der Waals surface area (Å²) in [5.41, 5.74) is 11.2. The molecule has 2 aromatic carbocycles. The summed E-state index contributed by atoms with van der Waals surface area (Å²) in [4.78, 5) is 2.61. The normalized spacial score (nSPS) is 19.6. The second kappa shape index (κ2) is 9.98.